The average molecular weight is 414 g/mol. The Bertz CT molecular complexity index is 1290. The van der Waals surface area contributed by atoms with Gasteiger partial charge in [-0.15, -0.1) is 0 Å². The molecule has 0 radical (unpaired) electrons. The molecule has 32 heavy (non-hydrogen) atoms. The van der Waals surface area contributed by atoms with E-state index >= 15 is 0 Å². The van der Waals surface area contributed by atoms with Gasteiger partial charge in [-0.3, -0.25) is 0 Å². The number of rotatable bonds is 2. The second-order valence-electron chi connectivity index (χ2n) is 10.4. The molecule has 0 aliphatic heterocycles. The molecule has 1 N–H and O–H groups in total. The highest BCUT2D eigenvalue weighted by Crippen LogP contribution is 2.49. The van der Waals surface area contributed by atoms with Crippen LogP contribution in [0, 0.1) is 0 Å². The van der Waals surface area contributed by atoms with Gasteiger partial charge >= 0.3 is 6.92 Å². The lowest BCUT2D eigenvalue weighted by molar-refractivity contribution is 0.599. The average Bonchev–Trinajstić information content (AvgIpc) is 3.18. The quantitative estimate of drug-likeness (QED) is 0.436. The zero-order valence-corrected chi connectivity index (χ0v) is 19.1. The first-order valence-corrected chi connectivity index (χ1v) is 11.5. The standard InChI is InChI=1S/C30H27BO/c1-29(2)25-11-7-5-9-21(25)23-15-13-19(17-27(23)29)31(32)20-14-16-24-22-10-6-8-12-26(22)30(3,4)28(24)18-20/h5-18,32H,1-4H3. The van der Waals surface area contributed by atoms with E-state index in [9.17, 15) is 5.02 Å². The van der Waals surface area contributed by atoms with Crippen molar-refractivity contribution in [3.63, 3.8) is 0 Å². The van der Waals surface area contributed by atoms with Crippen LogP contribution < -0.4 is 10.9 Å². The van der Waals surface area contributed by atoms with Gasteiger partial charge in [0.1, 0.15) is 0 Å². The maximum absolute atomic E-state index is 11.4. The Hall–Kier alpha value is -3.10. The fourth-order valence-electron chi connectivity index (χ4n) is 5.98. The van der Waals surface area contributed by atoms with E-state index in [4.69, 9.17) is 0 Å². The highest BCUT2D eigenvalue weighted by molar-refractivity contribution is 6.79. The summed E-state index contributed by atoms with van der Waals surface area (Å²) in [6.07, 6.45) is 0. The molecule has 2 aliphatic carbocycles. The molecular formula is C30H27BO. The van der Waals surface area contributed by atoms with E-state index in [0.29, 0.717) is 0 Å². The number of hydrogen-bond acceptors (Lipinski definition) is 1. The molecule has 4 aromatic rings. The lowest BCUT2D eigenvalue weighted by Crippen LogP contribution is -2.43. The monoisotopic (exact) mass is 414 g/mol. The van der Waals surface area contributed by atoms with Crippen LogP contribution in [0.4, 0.5) is 0 Å². The molecule has 0 unspecified atom stereocenters. The van der Waals surface area contributed by atoms with Crippen molar-refractivity contribution in [1.82, 2.24) is 0 Å². The molecule has 1 nitrogen and oxygen atoms in total. The summed E-state index contributed by atoms with van der Waals surface area (Å²) < 4.78 is 0. The van der Waals surface area contributed by atoms with Crippen LogP contribution in [0.1, 0.15) is 49.9 Å². The van der Waals surface area contributed by atoms with E-state index in [0.717, 1.165) is 10.9 Å². The molecule has 0 fully saturated rings. The van der Waals surface area contributed by atoms with Gasteiger partial charge < -0.3 is 5.02 Å². The highest BCUT2D eigenvalue weighted by Gasteiger charge is 2.38. The molecule has 0 atom stereocenters. The van der Waals surface area contributed by atoms with Crippen molar-refractivity contribution < 1.29 is 5.02 Å². The van der Waals surface area contributed by atoms with Gasteiger partial charge in [-0.25, -0.2) is 0 Å². The van der Waals surface area contributed by atoms with Crippen molar-refractivity contribution >= 4 is 17.8 Å². The first-order chi connectivity index (χ1) is 15.3. The second-order valence-corrected chi connectivity index (χ2v) is 10.4. The van der Waals surface area contributed by atoms with E-state index < -0.39 is 6.92 Å². The van der Waals surface area contributed by atoms with Crippen molar-refractivity contribution in [3.05, 3.63) is 107 Å². The van der Waals surface area contributed by atoms with Crippen molar-refractivity contribution in [2.75, 3.05) is 0 Å². The van der Waals surface area contributed by atoms with Crippen LogP contribution in [0.5, 0.6) is 0 Å². The Balaban J connectivity index is 1.43. The third-order valence-corrected chi connectivity index (χ3v) is 7.85. The Morgan fingerprint density at radius 1 is 0.500 bits per heavy atom. The molecule has 0 saturated heterocycles. The Morgan fingerprint density at radius 3 is 1.31 bits per heavy atom. The number of fused-ring (bicyclic) bond motifs is 6. The molecule has 0 saturated carbocycles. The maximum Gasteiger partial charge on any atom is 0.358 e. The smallest absolute Gasteiger partial charge is 0.358 e. The molecule has 2 heteroatoms. The van der Waals surface area contributed by atoms with E-state index in [1.165, 1.54) is 44.5 Å². The zero-order valence-electron chi connectivity index (χ0n) is 19.1. The van der Waals surface area contributed by atoms with Crippen molar-refractivity contribution in [3.8, 4) is 22.3 Å². The highest BCUT2D eigenvalue weighted by atomic mass is 16.2. The topological polar surface area (TPSA) is 20.2 Å². The molecule has 4 aromatic carbocycles. The maximum atomic E-state index is 11.4. The number of benzene rings is 4. The zero-order chi connectivity index (χ0) is 22.3. The summed E-state index contributed by atoms with van der Waals surface area (Å²) >= 11 is 0. The molecule has 0 bridgehead atoms. The van der Waals surface area contributed by atoms with Crippen LogP contribution in [-0.2, 0) is 10.8 Å². The molecule has 0 spiro atoms. The van der Waals surface area contributed by atoms with Gasteiger partial charge in [0.25, 0.3) is 0 Å². The number of hydrogen-bond donors (Lipinski definition) is 1. The minimum Gasteiger partial charge on any atom is -0.443 e. The second kappa shape index (κ2) is 6.46. The molecular weight excluding hydrogens is 387 g/mol. The predicted octanol–water partition coefficient (Wildman–Crippen LogP) is 5.40. The molecule has 6 rings (SSSR count). The Morgan fingerprint density at radius 2 is 0.875 bits per heavy atom. The lowest BCUT2D eigenvalue weighted by atomic mass is 9.54. The SMILES string of the molecule is CC1(C)c2ccccc2-c2ccc(B(O)c3ccc4c(c3)C(C)(C)c3ccccc3-4)cc21. The van der Waals surface area contributed by atoms with Crippen molar-refractivity contribution in [2.24, 2.45) is 0 Å². The van der Waals surface area contributed by atoms with E-state index in [1.54, 1.807) is 0 Å². The van der Waals surface area contributed by atoms with Crippen LogP contribution in [0.25, 0.3) is 22.3 Å². The molecule has 0 aromatic heterocycles. The minimum absolute atomic E-state index is 0.0662. The van der Waals surface area contributed by atoms with E-state index in [2.05, 4.69) is 113 Å². The minimum atomic E-state index is -0.648. The summed E-state index contributed by atoms with van der Waals surface area (Å²) in [5.74, 6) is 0. The fourth-order valence-corrected chi connectivity index (χ4v) is 5.98. The van der Waals surface area contributed by atoms with Crippen molar-refractivity contribution in [1.29, 1.82) is 0 Å². The van der Waals surface area contributed by atoms with Crippen LogP contribution in [0.2, 0.25) is 0 Å². The van der Waals surface area contributed by atoms with Gasteiger partial charge in [-0.05, 0) is 55.4 Å². The van der Waals surface area contributed by atoms with Crippen LogP contribution in [0.15, 0.2) is 84.9 Å². The largest absolute Gasteiger partial charge is 0.443 e. The molecule has 0 amide bonds. The molecule has 2 aliphatic rings. The first-order valence-electron chi connectivity index (χ1n) is 11.5. The van der Waals surface area contributed by atoms with Crippen molar-refractivity contribution in [2.45, 2.75) is 38.5 Å². The summed E-state index contributed by atoms with van der Waals surface area (Å²) in [6.45, 7) is 8.47. The van der Waals surface area contributed by atoms with E-state index in [1.807, 2.05) is 0 Å². The summed E-state index contributed by atoms with van der Waals surface area (Å²) in [6, 6.07) is 30.3. The van der Waals surface area contributed by atoms with Gasteiger partial charge in [0.05, 0.1) is 0 Å². The van der Waals surface area contributed by atoms with Crippen LogP contribution in [0.3, 0.4) is 0 Å². The summed E-state index contributed by atoms with van der Waals surface area (Å²) in [7, 11) is 0. The van der Waals surface area contributed by atoms with Gasteiger partial charge in [0.15, 0.2) is 0 Å². The lowest BCUT2D eigenvalue weighted by Gasteiger charge is -2.23. The fraction of sp³-hybridized carbons (Fsp3) is 0.200. The summed E-state index contributed by atoms with van der Waals surface area (Å²) in [4.78, 5) is 0. The third-order valence-electron chi connectivity index (χ3n) is 7.85. The van der Waals surface area contributed by atoms with Crippen LogP contribution >= 0.6 is 0 Å². The molecule has 156 valence electrons. The van der Waals surface area contributed by atoms with Crippen LogP contribution in [-0.4, -0.2) is 11.9 Å². The predicted molar refractivity (Wildman–Crippen MR) is 135 cm³/mol. The van der Waals surface area contributed by atoms with E-state index in [-0.39, 0.29) is 10.8 Å². The van der Waals surface area contributed by atoms with Gasteiger partial charge in [-0.2, -0.15) is 0 Å². The van der Waals surface area contributed by atoms with Gasteiger partial charge in [-0.1, -0.05) is 113 Å². The van der Waals surface area contributed by atoms with Gasteiger partial charge in [0, 0.05) is 10.8 Å². The normalized spacial score (nSPS) is 16.2. The summed E-state index contributed by atoms with van der Waals surface area (Å²) in [5, 5.41) is 11.4. The molecule has 0 heterocycles. The Labute approximate surface area is 190 Å². The van der Waals surface area contributed by atoms with Gasteiger partial charge in [0.2, 0.25) is 0 Å². The summed E-state index contributed by atoms with van der Waals surface area (Å²) in [5.41, 5.74) is 12.3. The third kappa shape index (κ3) is 2.50. The first kappa shape index (κ1) is 19.6. The Kier molecular flexibility index (Phi) is 3.95.